The third-order valence-electron chi connectivity index (χ3n) is 2.73. The SMILES string of the molecule is Cc1nc(C(=O)N2CCC(N)(C(=O)O)C2)no1. The highest BCUT2D eigenvalue weighted by molar-refractivity contribution is 5.92. The summed E-state index contributed by atoms with van der Waals surface area (Å²) in [5.41, 5.74) is 4.28. The van der Waals surface area contributed by atoms with Crippen LogP contribution in [0.1, 0.15) is 22.9 Å². The number of aromatic nitrogens is 2. The Bertz CT molecular complexity index is 471. The molecule has 92 valence electrons. The molecule has 3 N–H and O–H groups in total. The molecule has 8 nitrogen and oxygen atoms in total. The smallest absolute Gasteiger partial charge is 0.325 e. The van der Waals surface area contributed by atoms with Crippen LogP contribution in [0.2, 0.25) is 0 Å². The number of carbonyl (C=O) groups is 2. The molecule has 1 aromatic heterocycles. The zero-order chi connectivity index (χ0) is 12.6. The first kappa shape index (κ1) is 11.5. The van der Waals surface area contributed by atoms with Gasteiger partial charge in [-0.1, -0.05) is 5.16 Å². The zero-order valence-electron chi connectivity index (χ0n) is 9.21. The van der Waals surface area contributed by atoms with E-state index in [4.69, 9.17) is 10.8 Å². The highest BCUT2D eigenvalue weighted by Gasteiger charge is 2.43. The summed E-state index contributed by atoms with van der Waals surface area (Å²) in [6, 6.07) is 0. The van der Waals surface area contributed by atoms with Gasteiger partial charge in [0.1, 0.15) is 5.54 Å². The molecule has 0 aromatic carbocycles. The first-order valence-electron chi connectivity index (χ1n) is 5.04. The van der Waals surface area contributed by atoms with Gasteiger partial charge in [0.2, 0.25) is 5.89 Å². The van der Waals surface area contributed by atoms with Crippen molar-refractivity contribution < 1.29 is 19.2 Å². The Morgan fingerprint density at radius 3 is 2.76 bits per heavy atom. The number of nitrogens with two attached hydrogens (primary N) is 1. The van der Waals surface area contributed by atoms with Crippen LogP contribution in [0.25, 0.3) is 0 Å². The highest BCUT2D eigenvalue weighted by Crippen LogP contribution is 2.20. The van der Waals surface area contributed by atoms with E-state index in [1.807, 2.05) is 0 Å². The largest absolute Gasteiger partial charge is 0.480 e. The van der Waals surface area contributed by atoms with Gasteiger partial charge in [-0.15, -0.1) is 0 Å². The molecule has 0 aliphatic carbocycles. The number of amides is 1. The van der Waals surface area contributed by atoms with Gasteiger partial charge in [0.25, 0.3) is 11.7 Å². The number of hydrogen-bond acceptors (Lipinski definition) is 6. The standard InChI is InChI=1S/C9H12N4O4/c1-5-11-6(12-17-5)7(14)13-3-2-9(10,4-13)8(15)16/h2-4,10H2,1H3,(H,15,16). The lowest BCUT2D eigenvalue weighted by Gasteiger charge is -2.18. The van der Waals surface area contributed by atoms with Gasteiger partial charge in [0.05, 0.1) is 0 Å². The fraction of sp³-hybridized carbons (Fsp3) is 0.556. The first-order chi connectivity index (χ1) is 7.92. The van der Waals surface area contributed by atoms with Gasteiger partial charge >= 0.3 is 5.97 Å². The summed E-state index contributed by atoms with van der Waals surface area (Å²) in [7, 11) is 0. The molecule has 1 aliphatic heterocycles. The van der Waals surface area contributed by atoms with Gasteiger partial charge in [-0.05, 0) is 6.42 Å². The second-order valence-corrected chi connectivity index (χ2v) is 4.08. The number of aryl methyl sites for hydroxylation is 1. The number of carboxylic acid groups (broad SMARTS) is 1. The monoisotopic (exact) mass is 240 g/mol. The van der Waals surface area contributed by atoms with Crippen molar-refractivity contribution in [1.29, 1.82) is 0 Å². The second-order valence-electron chi connectivity index (χ2n) is 4.08. The van der Waals surface area contributed by atoms with Crippen LogP contribution in [0.3, 0.4) is 0 Å². The van der Waals surface area contributed by atoms with Gasteiger partial charge in [-0.2, -0.15) is 4.98 Å². The van der Waals surface area contributed by atoms with Crippen LogP contribution < -0.4 is 5.73 Å². The quantitative estimate of drug-likeness (QED) is 0.680. The van der Waals surface area contributed by atoms with E-state index >= 15 is 0 Å². The molecule has 8 heteroatoms. The molecular formula is C9H12N4O4. The minimum absolute atomic E-state index is 0.0469. The van der Waals surface area contributed by atoms with Gasteiger partial charge in [0, 0.05) is 20.0 Å². The molecule has 1 aromatic rings. The van der Waals surface area contributed by atoms with E-state index in [1.165, 1.54) is 4.90 Å². The van der Waals surface area contributed by atoms with E-state index in [1.54, 1.807) is 6.92 Å². The lowest BCUT2D eigenvalue weighted by molar-refractivity contribution is -0.142. The number of nitrogens with zero attached hydrogens (tertiary/aromatic N) is 3. The van der Waals surface area contributed by atoms with E-state index in [9.17, 15) is 9.59 Å². The predicted molar refractivity (Wildman–Crippen MR) is 54.1 cm³/mol. The third kappa shape index (κ3) is 1.98. The molecule has 0 spiro atoms. The normalized spacial score (nSPS) is 24.0. The number of rotatable bonds is 2. The van der Waals surface area contributed by atoms with E-state index in [0.717, 1.165) is 0 Å². The molecule has 1 unspecified atom stereocenters. The van der Waals surface area contributed by atoms with Gasteiger partial charge < -0.3 is 20.3 Å². The summed E-state index contributed by atoms with van der Waals surface area (Å²) in [6.07, 6.45) is 0.213. The van der Waals surface area contributed by atoms with Gasteiger partial charge in [-0.25, -0.2) is 0 Å². The van der Waals surface area contributed by atoms with E-state index < -0.39 is 17.4 Å². The highest BCUT2D eigenvalue weighted by atomic mass is 16.5. The van der Waals surface area contributed by atoms with Crippen molar-refractivity contribution in [2.24, 2.45) is 5.73 Å². The Morgan fingerprint density at radius 2 is 2.29 bits per heavy atom. The summed E-state index contributed by atoms with van der Waals surface area (Å²) in [5.74, 6) is -1.37. The molecule has 0 radical (unpaired) electrons. The molecule has 1 fully saturated rings. The number of likely N-dealkylation sites (tertiary alicyclic amines) is 1. The Labute approximate surface area is 96.4 Å². The van der Waals surface area contributed by atoms with Crippen LogP contribution >= 0.6 is 0 Å². The molecular weight excluding hydrogens is 228 g/mol. The Balaban J connectivity index is 2.11. The Kier molecular flexibility index (Phi) is 2.58. The number of aliphatic carboxylic acids is 1. The maximum Gasteiger partial charge on any atom is 0.325 e. The molecule has 1 saturated heterocycles. The van der Waals surface area contributed by atoms with Crippen molar-refractivity contribution in [2.75, 3.05) is 13.1 Å². The van der Waals surface area contributed by atoms with Crippen molar-refractivity contribution in [3.8, 4) is 0 Å². The summed E-state index contributed by atoms with van der Waals surface area (Å²) in [5, 5.41) is 12.4. The zero-order valence-corrected chi connectivity index (χ0v) is 9.21. The topological polar surface area (TPSA) is 123 Å². The Hall–Kier alpha value is -1.96. The molecule has 17 heavy (non-hydrogen) atoms. The van der Waals surface area contributed by atoms with Crippen molar-refractivity contribution in [1.82, 2.24) is 15.0 Å². The van der Waals surface area contributed by atoms with E-state index in [-0.39, 0.29) is 31.2 Å². The molecule has 1 atom stereocenters. The molecule has 1 aliphatic rings. The summed E-state index contributed by atoms with van der Waals surface area (Å²) < 4.78 is 4.69. The number of hydrogen-bond donors (Lipinski definition) is 2. The molecule has 0 bridgehead atoms. The molecule has 2 heterocycles. The average molecular weight is 240 g/mol. The fourth-order valence-corrected chi connectivity index (χ4v) is 1.71. The van der Waals surface area contributed by atoms with Gasteiger partial charge in [0.15, 0.2) is 0 Å². The average Bonchev–Trinajstić information content (AvgIpc) is 2.85. The maximum absolute atomic E-state index is 11.9. The number of carbonyl (C=O) groups excluding carboxylic acids is 1. The second kappa shape index (κ2) is 3.81. The summed E-state index contributed by atoms with van der Waals surface area (Å²) >= 11 is 0. The van der Waals surface area contributed by atoms with Crippen molar-refractivity contribution in [3.63, 3.8) is 0 Å². The van der Waals surface area contributed by atoms with Gasteiger partial charge in [-0.3, -0.25) is 9.59 Å². The summed E-state index contributed by atoms with van der Waals surface area (Å²) in [4.78, 5) is 27.9. The third-order valence-corrected chi connectivity index (χ3v) is 2.73. The lowest BCUT2D eigenvalue weighted by atomic mass is 10.0. The fourth-order valence-electron chi connectivity index (χ4n) is 1.71. The summed E-state index contributed by atoms with van der Waals surface area (Å²) in [6.45, 7) is 1.79. The van der Waals surface area contributed by atoms with Crippen LogP contribution in [-0.2, 0) is 4.79 Å². The van der Waals surface area contributed by atoms with Crippen LogP contribution in [0, 0.1) is 6.92 Å². The maximum atomic E-state index is 11.9. The Morgan fingerprint density at radius 1 is 1.59 bits per heavy atom. The van der Waals surface area contributed by atoms with Crippen LogP contribution in [0.15, 0.2) is 4.52 Å². The molecule has 2 rings (SSSR count). The van der Waals surface area contributed by atoms with Crippen molar-refractivity contribution in [2.45, 2.75) is 18.9 Å². The molecule has 0 saturated carbocycles. The molecule has 1 amide bonds. The van der Waals surface area contributed by atoms with E-state index in [2.05, 4.69) is 14.7 Å². The lowest BCUT2D eigenvalue weighted by Crippen LogP contribution is -2.50. The van der Waals surface area contributed by atoms with Crippen LogP contribution in [0.5, 0.6) is 0 Å². The van der Waals surface area contributed by atoms with E-state index in [0.29, 0.717) is 0 Å². The first-order valence-corrected chi connectivity index (χ1v) is 5.04. The van der Waals surface area contributed by atoms with Crippen LogP contribution in [0.4, 0.5) is 0 Å². The predicted octanol–water partition coefficient (Wildman–Crippen LogP) is -0.994. The minimum atomic E-state index is -1.38. The minimum Gasteiger partial charge on any atom is -0.480 e. The van der Waals surface area contributed by atoms with Crippen molar-refractivity contribution in [3.05, 3.63) is 11.7 Å². The number of carboxylic acids is 1. The van der Waals surface area contributed by atoms with Crippen molar-refractivity contribution >= 4 is 11.9 Å². The van der Waals surface area contributed by atoms with Crippen LogP contribution in [-0.4, -0.2) is 50.7 Å².